The number of carbonyl (C=O) groups excluding carboxylic acids is 2. The van der Waals surface area contributed by atoms with E-state index in [-0.39, 0.29) is 30.6 Å². The summed E-state index contributed by atoms with van der Waals surface area (Å²) in [7, 11) is 0. The minimum atomic E-state index is -0.409. The highest BCUT2D eigenvalue weighted by molar-refractivity contribution is 6.04. The third kappa shape index (κ3) is 5.11. The van der Waals surface area contributed by atoms with Gasteiger partial charge in [-0.25, -0.2) is 13.9 Å². The second-order valence-corrected chi connectivity index (χ2v) is 7.76. The van der Waals surface area contributed by atoms with Crippen molar-refractivity contribution < 1.29 is 14.0 Å². The Labute approximate surface area is 184 Å². The van der Waals surface area contributed by atoms with E-state index in [4.69, 9.17) is 0 Å². The van der Waals surface area contributed by atoms with Crippen LogP contribution in [0.3, 0.4) is 0 Å². The van der Waals surface area contributed by atoms with E-state index >= 15 is 0 Å². The van der Waals surface area contributed by atoms with Gasteiger partial charge in [-0.1, -0.05) is 18.6 Å². The van der Waals surface area contributed by atoms with E-state index in [1.165, 1.54) is 28.9 Å². The molecule has 2 heterocycles. The summed E-state index contributed by atoms with van der Waals surface area (Å²) in [5.74, 6) is -0.344. The highest BCUT2D eigenvalue weighted by Gasteiger charge is 2.17. The molecule has 0 aliphatic carbocycles. The molecule has 0 saturated carbocycles. The zero-order valence-corrected chi connectivity index (χ0v) is 17.5. The van der Waals surface area contributed by atoms with Crippen molar-refractivity contribution in [2.45, 2.75) is 45.3 Å². The maximum absolute atomic E-state index is 13.0. The van der Waals surface area contributed by atoms with Crippen LogP contribution in [0.25, 0.3) is 0 Å². The molecular formula is C23H24FN5O3. The van der Waals surface area contributed by atoms with Gasteiger partial charge in [-0.2, -0.15) is 5.10 Å². The smallest absolute Gasteiger partial charge is 0.346 e. The van der Waals surface area contributed by atoms with Gasteiger partial charge in [-0.05, 0) is 54.8 Å². The Hall–Kier alpha value is -3.75. The molecule has 2 aromatic carbocycles. The Balaban J connectivity index is 1.34. The first-order chi connectivity index (χ1) is 15.5. The fraction of sp³-hybridized carbons (Fsp3) is 0.304. The van der Waals surface area contributed by atoms with E-state index in [1.54, 1.807) is 22.8 Å². The molecule has 0 bridgehead atoms. The lowest BCUT2D eigenvalue weighted by atomic mass is 10.1. The zero-order valence-electron chi connectivity index (χ0n) is 17.5. The van der Waals surface area contributed by atoms with Crippen LogP contribution in [0, 0.1) is 5.82 Å². The number of rotatable bonds is 6. The average Bonchev–Trinajstić information content (AvgIpc) is 2.93. The van der Waals surface area contributed by atoms with Crippen LogP contribution in [0.5, 0.6) is 0 Å². The molecule has 0 atom stereocenters. The lowest BCUT2D eigenvalue weighted by Crippen LogP contribution is -2.33. The summed E-state index contributed by atoms with van der Waals surface area (Å²) >= 11 is 0. The number of amides is 2. The minimum absolute atomic E-state index is 0.139. The highest BCUT2D eigenvalue weighted by Crippen LogP contribution is 2.13. The van der Waals surface area contributed by atoms with Crippen LogP contribution in [0.15, 0.2) is 53.3 Å². The van der Waals surface area contributed by atoms with Gasteiger partial charge in [0.05, 0.1) is 0 Å². The Morgan fingerprint density at radius 2 is 1.88 bits per heavy atom. The van der Waals surface area contributed by atoms with Gasteiger partial charge in [0.2, 0.25) is 5.91 Å². The van der Waals surface area contributed by atoms with Gasteiger partial charge in [-0.15, -0.1) is 0 Å². The molecule has 9 heteroatoms. The third-order valence-electron chi connectivity index (χ3n) is 5.36. The number of aromatic nitrogens is 3. The molecule has 3 aromatic rings. The normalized spacial score (nSPS) is 13.2. The number of nitrogens with zero attached hydrogens (tertiary/aromatic N) is 3. The Kier molecular flexibility index (Phi) is 6.44. The first-order valence-corrected chi connectivity index (χ1v) is 10.6. The van der Waals surface area contributed by atoms with Crippen LogP contribution >= 0.6 is 0 Å². The number of benzene rings is 2. The van der Waals surface area contributed by atoms with Gasteiger partial charge in [0.15, 0.2) is 0 Å². The predicted octanol–water partition coefficient (Wildman–Crippen LogP) is 2.48. The number of halogens is 1. The standard InChI is InChI=1S/C23H24FN5O3/c24-18-10-8-17(9-11-18)22(31)26-19-6-4-5-16(13-19)14-25-21(30)15-29-23(32)28-12-3-1-2-7-20(28)27-29/h4-6,8-11,13H,1-3,7,12,14-15H2,(H,25,30)(H,26,31). The summed E-state index contributed by atoms with van der Waals surface area (Å²) in [5, 5.41) is 9.86. The molecule has 0 unspecified atom stereocenters. The van der Waals surface area contributed by atoms with Crippen molar-refractivity contribution in [3.8, 4) is 0 Å². The Bertz CT molecular complexity index is 1180. The maximum Gasteiger partial charge on any atom is 0.346 e. The van der Waals surface area contributed by atoms with E-state index < -0.39 is 5.82 Å². The van der Waals surface area contributed by atoms with E-state index in [9.17, 15) is 18.8 Å². The number of anilines is 1. The van der Waals surface area contributed by atoms with Crippen LogP contribution in [0.4, 0.5) is 10.1 Å². The van der Waals surface area contributed by atoms with E-state index in [0.717, 1.165) is 37.1 Å². The molecule has 0 radical (unpaired) electrons. The van der Waals surface area contributed by atoms with Crippen LogP contribution in [0.2, 0.25) is 0 Å². The monoisotopic (exact) mass is 437 g/mol. The number of hydrogen-bond donors (Lipinski definition) is 2. The summed E-state index contributed by atoms with van der Waals surface area (Å²) in [6.45, 7) is 0.744. The van der Waals surface area contributed by atoms with Crippen molar-refractivity contribution in [1.29, 1.82) is 0 Å². The largest absolute Gasteiger partial charge is 0.350 e. The van der Waals surface area contributed by atoms with Crippen molar-refractivity contribution in [2.24, 2.45) is 0 Å². The summed E-state index contributed by atoms with van der Waals surface area (Å²) < 4.78 is 15.9. The minimum Gasteiger partial charge on any atom is -0.350 e. The van der Waals surface area contributed by atoms with Crippen molar-refractivity contribution in [1.82, 2.24) is 19.7 Å². The molecule has 32 heavy (non-hydrogen) atoms. The average molecular weight is 437 g/mol. The molecule has 1 aliphatic rings. The van der Waals surface area contributed by atoms with Crippen molar-refractivity contribution in [3.63, 3.8) is 0 Å². The van der Waals surface area contributed by atoms with Gasteiger partial charge in [0, 0.05) is 30.8 Å². The SMILES string of the molecule is O=C(Cn1nc2n(c1=O)CCCCC2)NCc1cccc(NC(=O)c2ccc(F)cc2)c1. The highest BCUT2D eigenvalue weighted by atomic mass is 19.1. The summed E-state index contributed by atoms with van der Waals surface area (Å²) in [4.78, 5) is 37.2. The third-order valence-corrected chi connectivity index (χ3v) is 5.36. The van der Waals surface area contributed by atoms with E-state index in [2.05, 4.69) is 15.7 Å². The molecule has 0 fully saturated rings. The molecule has 2 N–H and O–H groups in total. The fourth-order valence-corrected chi connectivity index (χ4v) is 3.68. The van der Waals surface area contributed by atoms with Gasteiger partial charge in [0.1, 0.15) is 18.2 Å². The van der Waals surface area contributed by atoms with Crippen molar-refractivity contribution >= 4 is 17.5 Å². The predicted molar refractivity (Wildman–Crippen MR) is 117 cm³/mol. The number of hydrogen-bond acceptors (Lipinski definition) is 4. The van der Waals surface area contributed by atoms with Crippen molar-refractivity contribution in [3.05, 3.63) is 81.8 Å². The summed E-state index contributed by atoms with van der Waals surface area (Å²) in [6, 6.07) is 12.3. The summed E-state index contributed by atoms with van der Waals surface area (Å²) in [5.41, 5.74) is 1.43. The van der Waals surface area contributed by atoms with Crippen molar-refractivity contribution in [2.75, 3.05) is 5.32 Å². The lowest BCUT2D eigenvalue weighted by molar-refractivity contribution is -0.122. The molecule has 0 spiro atoms. The topological polar surface area (TPSA) is 98.0 Å². The van der Waals surface area contributed by atoms with Crippen LogP contribution in [-0.4, -0.2) is 26.2 Å². The molecule has 1 aliphatic heterocycles. The molecular weight excluding hydrogens is 413 g/mol. The van der Waals surface area contributed by atoms with Crippen LogP contribution in [-0.2, 0) is 30.8 Å². The van der Waals surface area contributed by atoms with Gasteiger partial charge < -0.3 is 10.6 Å². The maximum atomic E-state index is 13.0. The van der Waals surface area contributed by atoms with E-state index in [0.29, 0.717) is 17.8 Å². The van der Waals surface area contributed by atoms with Crippen LogP contribution in [0.1, 0.15) is 41.0 Å². The molecule has 8 nitrogen and oxygen atoms in total. The number of fused-ring (bicyclic) bond motifs is 1. The van der Waals surface area contributed by atoms with Gasteiger partial charge >= 0.3 is 5.69 Å². The lowest BCUT2D eigenvalue weighted by Gasteiger charge is -2.09. The number of aryl methyl sites for hydroxylation is 1. The first kappa shape index (κ1) is 21.5. The zero-order chi connectivity index (χ0) is 22.5. The number of carbonyl (C=O) groups is 2. The summed E-state index contributed by atoms with van der Waals surface area (Å²) in [6.07, 6.45) is 3.77. The second-order valence-electron chi connectivity index (χ2n) is 7.76. The Morgan fingerprint density at radius 1 is 1.06 bits per heavy atom. The molecule has 166 valence electrons. The van der Waals surface area contributed by atoms with Gasteiger partial charge in [0.25, 0.3) is 5.91 Å². The van der Waals surface area contributed by atoms with E-state index in [1.807, 2.05) is 6.07 Å². The molecule has 2 amide bonds. The first-order valence-electron chi connectivity index (χ1n) is 10.6. The fourth-order valence-electron chi connectivity index (χ4n) is 3.68. The van der Waals surface area contributed by atoms with Crippen LogP contribution < -0.4 is 16.3 Å². The molecule has 0 saturated heterocycles. The quantitative estimate of drug-likeness (QED) is 0.619. The Morgan fingerprint density at radius 3 is 2.69 bits per heavy atom. The molecule has 1 aromatic heterocycles. The second kappa shape index (κ2) is 9.59. The number of nitrogens with one attached hydrogen (secondary N) is 2. The molecule has 4 rings (SSSR count). The van der Waals surface area contributed by atoms with Gasteiger partial charge in [-0.3, -0.25) is 14.2 Å².